The number of carbonyl (C=O) groups is 2. The summed E-state index contributed by atoms with van der Waals surface area (Å²) in [5, 5.41) is 9.46. The van der Waals surface area contributed by atoms with Crippen LogP contribution in [0.4, 0.5) is 0 Å². The Labute approximate surface area is 163 Å². The van der Waals surface area contributed by atoms with E-state index in [0.29, 0.717) is 18.0 Å². The summed E-state index contributed by atoms with van der Waals surface area (Å²) in [6.45, 7) is 0.213. The zero-order valence-corrected chi connectivity index (χ0v) is 15.9. The highest BCUT2D eigenvalue weighted by Crippen LogP contribution is 2.38. The van der Waals surface area contributed by atoms with E-state index in [9.17, 15) is 14.7 Å². The lowest BCUT2D eigenvalue weighted by atomic mass is 10.0. The van der Waals surface area contributed by atoms with Crippen molar-refractivity contribution in [2.45, 2.75) is 18.9 Å². The van der Waals surface area contributed by atoms with Crippen molar-refractivity contribution in [1.29, 1.82) is 0 Å². The number of phenols is 1. The van der Waals surface area contributed by atoms with Crippen LogP contribution < -0.4 is 9.47 Å². The van der Waals surface area contributed by atoms with E-state index in [0.717, 1.165) is 18.4 Å². The second kappa shape index (κ2) is 8.65. The average Bonchev–Trinajstić information content (AvgIpc) is 3.21. The number of phenolic OH excluding ortho intramolecular Hbond substituents is 1. The summed E-state index contributed by atoms with van der Waals surface area (Å²) in [5.41, 5.74) is 1.06. The fourth-order valence-corrected chi connectivity index (χ4v) is 3.41. The van der Waals surface area contributed by atoms with Crippen LogP contribution in [0.25, 0.3) is 0 Å². The number of carbonyl (C=O) groups excluding carboxylic acids is 2. The minimum Gasteiger partial charge on any atom is -0.508 e. The molecule has 3 rings (SSSR count). The Hall–Kier alpha value is -3.22. The summed E-state index contributed by atoms with van der Waals surface area (Å²) >= 11 is 0. The number of likely N-dealkylation sites (tertiary alicyclic amines) is 1. The Morgan fingerprint density at radius 3 is 2.68 bits per heavy atom. The van der Waals surface area contributed by atoms with Gasteiger partial charge in [-0.3, -0.25) is 4.79 Å². The van der Waals surface area contributed by atoms with Gasteiger partial charge in [-0.25, -0.2) is 4.79 Å². The quantitative estimate of drug-likeness (QED) is 0.770. The van der Waals surface area contributed by atoms with Crippen LogP contribution in [-0.4, -0.2) is 49.3 Å². The van der Waals surface area contributed by atoms with Crippen LogP contribution in [0, 0.1) is 0 Å². The lowest BCUT2D eigenvalue weighted by Crippen LogP contribution is -2.34. The van der Waals surface area contributed by atoms with Crippen LogP contribution in [0.5, 0.6) is 17.2 Å². The Balaban J connectivity index is 1.70. The molecule has 7 heteroatoms. The molecule has 7 nitrogen and oxygen atoms in total. The molecular formula is C21H23NO6. The molecule has 1 N–H and O–H groups in total. The largest absolute Gasteiger partial charge is 0.508 e. The molecule has 0 radical (unpaired) electrons. The van der Waals surface area contributed by atoms with Gasteiger partial charge in [0.05, 0.1) is 25.8 Å². The fourth-order valence-electron chi connectivity index (χ4n) is 3.41. The topological polar surface area (TPSA) is 85.3 Å². The van der Waals surface area contributed by atoms with Crippen LogP contribution in [0.1, 0.15) is 34.8 Å². The summed E-state index contributed by atoms with van der Waals surface area (Å²) in [5.74, 6) is 0.401. The maximum absolute atomic E-state index is 12.7. The highest BCUT2D eigenvalue weighted by molar-refractivity contribution is 5.91. The minimum atomic E-state index is -0.654. The molecule has 1 fully saturated rings. The molecule has 1 amide bonds. The normalized spacial score (nSPS) is 15.9. The zero-order chi connectivity index (χ0) is 20.1. The number of hydrogen-bond donors (Lipinski definition) is 1. The van der Waals surface area contributed by atoms with E-state index in [2.05, 4.69) is 0 Å². The monoisotopic (exact) mass is 385 g/mol. The number of amides is 1. The van der Waals surface area contributed by atoms with Crippen LogP contribution in [0.3, 0.4) is 0 Å². The second-order valence-corrected chi connectivity index (χ2v) is 6.48. The number of ether oxygens (including phenoxy) is 3. The summed E-state index contributed by atoms with van der Waals surface area (Å²) in [7, 11) is 3.17. The van der Waals surface area contributed by atoms with E-state index in [4.69, 9.17) is 14.2 Å². The van der Waals surface area contributed by atoms with E-state index < -0.39 is 5.97 Å². The van der Waals surface area contributed by atoms with Crippen LogP contribution >= 0.6 is 0 Å². The molecule has 0 saturated carbocycles. The second-order valence-electron chi connectivity index (χ2n) is 6.48. The summed E-state index contributed by atoms with van der Waals surface area (Å²) in [6, 6.07) is 11.1. The van der Waals surface area contributed by atoms with Gasteiger partial charge in [-0.1, -0.05) is 6.07 Å². The van der Waals surface area contributed by atoms with Crippen molar-refractivity contribution in [3.05, 3.63) is 53.6 Å². The molecule has 28 heavy (non-hydrogen) atoms. The molecule has 1 aliphatic heterocycles. The van der Waals surface area contributed by atoms with Crippen molar-refractivity contribution in [1.82, 2.24) is 4.90 Å². The number of benzene rings is 2. The predicted octanol–water partition coefficient (Wildman–Crippen LogP) is 2.93. The van der Waals surface area contributed by atoms with E-state index >= 15 is 0 Å². The molecule has 1 atom stereocenters. The Bertz CT molecular complexity index is 866. The molecule has 0 unspecified atom stereocenters. The number of methoxy groups -OCH3 is 2. The number of esters is 1. The zero-order valence-electron chi connectivity index (χ0n) is 15.9. The molecule has 0 aliphatic carbocycles. The summed E-state index contributed by atoms with van der Waals surface area (Å²) in [6.07, 6.45) is 1.63. The van der Waals surface area contributed by atoms with Gasteiger partial charge in [-0.15, -0.1) is 0 Å². The van der Waals surface area contributed by atoms with Gasteiger partial charge in [0.1, 0.15) is 17.2 Å². The van der Waals surface area contributed by atoms with Crippen LogP contribution in [0.15, 0.2) is 42.5 Å². The molecule has 1 aliphatic rings. The summed E-state index contributed by atoms with van der Waals surface area (Å²) < 4.78 is 15.9. The van der Waals surface area contributed by atoms with Gasteiger partial charge in [0.25, 0.3) is 5.91 Å². The van der Waals surface area contributed by atoms with Crippen LogP contribution in [-0.2, 0) is 9.53 Å². The molecule has 0 bridgehead atoms. The Kier molecular flexibility index (Phi) is 6.03. The summed E-state index contributed by atoms with van der Waals surface area (Å²) in [4.78, 5) is 26.5. The molecule has 1 heterocycles. The Morgan fingerprint density at radius 1 is 1.14 bits per heavy atom. The first kappa shape index (κ1) is 19.5. The van der Waals surface area contributed by atoms with Gasteiger partial charge in [-0.05, 0) is 49.2 Å². The van der Waals surface area contributed by atoms with Crippen molar-refractivity contribution < 1.29 is 28.9 Å². The first-order valence-electron chi connectivity index (χ1n) is 9.01. The van der Waals surface area contributed by atoms with Crippen molar-refractivity contribution in [3.8, 4) is 17.2 Å². The molecule has 1 saturated heterocycles. The lowest BCUT2D eigenvalue weighted by molar-refractivity contribution is -0.135. The van der Waals surface area contributed by atoms with Crippen molar-refractivity contribution >= 4 is 11.9 Å². The third-order valence-corrected chi connectivity index (χ3v) is 4.78. The third-order valence-electron chi connectivity index (χ3n) is 4.78. The van der Waals surface area contributed by atoms with Crippen molar-refractivity contribution in [3.63, 3.8) is 0 Å². The van der Waals surface area contributed by atoms with E-state index in [-0.39, 0.29) is 29.9 Å². The maximum Gasteiger partial charge on any atom is 0.338 e. The first-order valence-corrected chi connectivity index (χ1v) is 9.01. The lowest BCUT2D eigenvalue weighted by Gasteiger charge is -2.26. The molecule has 148 valence electrons. The standard InChI is InChI=1S/C21H23NO6/c1-26-16-8-9-19(27-2)17(12-16)18-7-4-10-22(18)20(24)13-28-21(25)14-5-3-6-15(23)11-14/h3,5-6,8-9,11-12,18,23H,4,7,10,13H2,1-2H3/t18-/m1/s1. The van der Waals surface area contributed by atoms with E-state index in [1.54, 1.807) is 31.3 Å². The van der Waals surface area contributed by atoms with Crippen molar-refractivity contribution in [2.24, 2.45) is 0 Å². The first-order chi connectivity index (χ1) is 13.5. The number of nitrogens with zero attached hydrogens (tertiary/aromatic N) is 1. The van der Waals surface area contributed by atoms with Gasteiger partial charge in [-0.2, -0.15) is 0 Å². The minimum absolute atomic E-state index is 0.0366. The van der Waals surface area contributed by atoms with Crippen molar-refractivity contribution in [2.75, 3.05) is 27.4 Å². The molecule has 2 aromatic carbocycles. The Morgan fingerprint density at radius 2 is 1.96 bits per heavy atom. The fraction of sp³-hybridized carbons (Fsp3) is 0.333. The predicted molar refractivity (Wildman–Crippen MR) is 102 cm³/mol. The van der Waals surface area contributed by atoms with Gasteiger partial charge in [0, 0.05) is 12.1 Å². The van der Waals surface area contributed by atoms with E-state index in [1.165, 1.54) is 18.2 Å². The number of hydrogen-bond acceptors (Lipinski definition) is 6. The highest BCUT2D eigenvalue weighted by atomic mass is 16.5. The molecule has 0 spiro atoms. The van der Waals surface area contributed by atoms with E-state index in [1.807, 2.05) is 12.1 Å². The molecule has 2 aromatic rings. The van der Waals surface area contributed by atoms with Gasteiger partial charge in [0.2, 0.25) is 0 Å². The average molecular weight is 385 g/mol. The smallest absolute Gasteiger partial charge is 0.338 e. The SMILES string of the molecule is COc1ccc(OC)c([C@H]2CCCN2C(=O)COC(=O)c2cccc(O)c2)c1. The van der Waals surface area contributed by atoms with Gasteiger partial charge < -0.3 is 24.2 Å². The van der Waals surface area contributed by atoms with Gasteiger partial charge >= 0.3 is 5.97 Å². The molecular weight excluding hydrogens is 362 g/mol. The number of aromatic hydroxyl groups is 1. The maximum atomic E-state index is 12.7. The van der Waals surface area contributed by atoms with Crippen LogP contribution in [0.2, 0.25) is 0 Å². The third kappa shape index (κ3) is 4.19. The molecule has 0 aromatic heterocycles. The number of rotatable bonds is 6. The van der Waals surface area contributed by atoms with Gasteiger partial charge in [0.15, 0.2) is 6.61 Å². The highest BCUT2D eigenvalue weighted by Gasteiger charge is 2.32.